The molecule has 1 saturated heterocycles. The molecule has 0 aromatic heterocycles. The summed E-state index contributed by atoms with van der Waals surface area (Å²) in [6.45, 7) is 0.475. The Morgan fingerprint density at radius 2 is 1.76 bits per heavy atom. The quantitative estimate of drug-likeness (QED) is 0.861. The number of nitrogens with one attached hydrogen (secondary N) is 1. The summed E-state index contributed by atoms with van der Waals surface area (Å²) in [5.41, 5.74) is 2.47. The van der Waals surface area contributed by atoms with Crippen molar-refractivity contribution in [2.75, 3.05) is 7.11 Å². The van der Waals surface area contributed by atoms with Crippen molar-refractivity contribution in [2.24, 2.45) is 11.0 Å². The predicted molar refractivity (Wildman–Crippen MR) is 91.9 cm³/mol. The fourth-order valence-corrected chi connectivity index (χ4v) is 3.32. The number of hydrogen-bond donors (Lipinski definition) is 1. The molecule has 4 rings (SSSR count). The number of nitrogens with zero attached hydrogens (tertiary/aromatic N) is 2. The topological polar surface area (TPSA) is 71.0 Å². The van der Waals surface area contributed by atoms with Gasteiger partial charge < -0.3 is 4.74 Å². The van der Waals surface area contributed by atoms with Crippen LogP contribution in [-0.2, 0) is 16.1 Å². The summed E-state index contributed by atoms with van der Waals surface area (Å²) >= 11 is 0. The highest BCUT2D eigenvalue weighted by Crippen LogP contribution is 2.31. The second-order valence-electron chi connectivity index (χ2n) is 6.07. The first kappa shape index (κ1) is 15.4. The molecule has 0 bridgehead atoms. The molecule has 2 aliphatic heterocycles. The Morgan fingerprint density at radius 3 is 2.44 bits per heavy atom. The van der Waals surface area contributed by atoms with Gasteiger partial charge in [0.25, 0.3) is 5.91 Å². The highest BCUT2D eigenvalue weighted by Gasteiger charge is 2.52. The van der Waals surface area contributed by atoms with Gasteiger partial charge in [-0.1, -0.05) is 30.3 Å². The Balaban J connectivity index is 1.70. The number of hydrazone groups is 1. The van der Waals surface area contributed by atoms with Crippen molar-refractivity contribution in [1.29, 1.82) is 0 Å². The van der Waals surface area contributed by atoms with Crippen LogP contribution in [-0.4, -0.2) is 35.7 Å². The number of ether oxygens (including phenoxy) is 1. The first-order chi connectivity index (χ1) is 12.2. The van der Waals surface area contributed by atoms with E-state index in [2.05, 4.69) is 10.4 Å². The Labute approximate surface area is 145 Å². The number of hydrogen-bond acceptors (Lipinski definition) is 5. The lowest BCUT2D eigenvalue weighted by Gasteiger charge is -2.20. The maximum atomic E-state index is 12.3. The van der Waals surface area contributed by atoms with E-state index in [1.807, 2.05) is 54.6 Å². The van der Waals surface area contributed by atoms with Crippen molar-refractivity contribution in [3.05, 3.63) is 65.7 Å². The summed E-state index contributed by atoms with van der Waals surface area (Å²) in [4.78, 5) is 24.6. The Bertz CT molecular complexity index is 846. The molecule has 2 atom stereocenters. The van der Waals surface area contributed by atoms with Gasteiger partial charge >= 0.3 is 0 Å². The van der Waals surface area contributed by atoms with Crippen LogP contribution >= 0.6 is 0 Å². The molecular formula is C19H17N3O3. The van der Waals surface area contributed by atoms with Crippen molar-refractivity contribution >= 4 is 17.5 Å². The smallest absolute Gasteiger partial charge is 0.252 e. The average Bonchev–Trinajstić information content (AvgIpc) is 3.15. The third-order valence-electron chi connectivity index (χ3n) is 4.54. The third kappa shape index (κ3) is 2.65. The summed E-state index contributed by atoms with van der Waals surface area (Å²) in [6.07, 6.45) is 0. The molecule has 6 nitrogen and oxygen atoms in total. The lowest BCUT2D eigenvalue weighted by Crippen LogP contribution is -2.37. The number of methoxy groups -OCH3 is 1. The van der Waals surface area contributed by atoms with Crippen LogP contribution in [0, 0.1) is 5.92 Å². The largest absolute Gasteiger partial charge is 0.497 e. The van der Waals surface area contributed by atoms with Crippen molar-refractivity contribution < 1.29 is 14.3 Å². The summed E-state index contributed by atoms with van der Waals surface area (Å²) in [5, 5.41) is 8.76. The molecule has 1 fully saturated rings. The van der Waals surface area contributed by atoms with Gasteiger partial charge in [0.2, 0.25) is 5.91 Å². The number of carbonyl (C=O) groups excluding carboxylic acids is 2. The van der Waals surface area contributed by atoms with Crippen molar-refractivity contribution in [3.8, 4) is 5.75 Å². The Hall–Kier alpha value is -3.15. The molecule has 0 aliphatic carbocycles. The first-order valence-corrected chi connectivity index (χ1v) is 8.05. The molecule has 2 aromatic rings. The third-order valence-corrected chi connectivity index (χ3v) is 4.54. The minimum Gasteiger partial charge on any atom is -0.497 e. The van der Waals surface area contributed by atoms with Crippen molar-refractivity contribution in [2.45, 2.75) is 12.6 Å². The lowest BCUT2D eigenvalue weighted by atomic mass is 9.93. The molecule has 25 heavy (non-hydrogen) atoms. The molecule has 0 spiro atoms. The van der Waals surface area contributed by atoms with Crippen LogP contribution in [0.1, 0.15) is 11.1 Å². The van der Waals surface area contributed by atoms with E-state index in [-0.39, 0.29) is 11.8 Å². The summed E-state index contributed by atoms with van der Waals surface area (Å²) in [6, 6.07) is 16.5. The summed E-state index contributed by atoms with van der Waals surface area (Å²) < 4.78 is 5.17. The molecule has 6 heteroatoms. The molecule has 2 aliphatic rings. The van der Waals surface area contributed by atoms with Crippen molar-refractivity contribution in [1.82, 2.24) is 10.3 Å². The minimum atomic E-state index is -0.593. The van der Waals surface area contributed by atoms with E-state index in [4.69, 9.17) is 4.74 Å². The van der Waals surface area contributed by atoms with E-state index in [1.165, 1.54) is 0 Å². The Kier molecular flexibility index (Phi) is 3.72. The maximum Gasteiger partial charge on any atom is 0.252 e. The number of rotatable bonds is 4. The van der Waals surface area contributed by atoms with Gasteiger partial charge in [0, 0.05) is 0 Å². The molecule has 1 N–H and O–H groups in total. The van der Waals surface area contributed by atoms with Gasteiger partial charge in [-0.2, -0.15) is 5.10 Å². The van der Waals surface area contributed by atoms with Gasteiger partial charge in [-0.25, -0.2) is 0 Å². The van der Waals surface area contributed by atoms with E-state index >= 15 is 0 Å². The molecule has 2 amide bonds. The molecule has 2 aromatic carbocycles. The van der Waals surface area contributed by atoms with Gasteiger partial charge in [0.15, 0.2) is 0 Å². The number of amides is 2. The van der Waals surface area contributed by atoms with E-state index in [0.29, 0.717) is 12.3 Å². The van der Waals surface area contributed by atoms with Crippen LogP contribution in [0.3, 0.4) is 0 Å². The highest BCUT2D eigenvalue weighted by atomic mass is 16.5. The number of carbonyl (C=O) groups is 2. The molecule has 2 heterocycles. The second kappa shape index (κ2) is 6.05. The van der Waals surface area contributed by atoms with Crippen LogP contribution in [0.15, 0.2) is 59.7 Å². The van der Waals surface area contributed by atoms with Gasteiger partial charge in [-0.15, -0.1) is 0 Å². The zero-order valence-corrected chi connectivity index (χ0v) is 13.7. The average molecular weight is 335 g/mol. The van der Waals surface area contributed by atoms with Crippen LogP contribution in [0.5, 0.6) is 5.75 Å². The minimum absolute atomic E-state index is 0.292. The van der Waals surface area contributed by atoms with Crippen LogP contribution in [0.25, 0.3) is 0 Å². The number of benzene rings is 2. The van der Waals surface area contributed by atoms with E-state index in [0.717, 1.165) is 16.9 Å². The molecule has 0 saturated carbocycles. The van der Waals surface area contributed by atoms with Gasteiger partial charge in [0.1, 0.15) is 17.7 Å². The number of imide groups is 1. The summed E-state index contributed by atoms with van der Waals surface area (Å²) in [7, 11) is 1.60. The fourth-order valence-electron chi connectivity index (χ4n) is 3.32. The van der Waals surface area contributed by atoms with E-state index in [9.17, 15) is 9.59 Å². The standard InChI is InChI=1S/C19H17N3O3/c1-25-14-9-7-13(8-10-14)16-15-17(19(24)20-18(15)23)22(21-16)11-12-5-3-2-4-6-12/h2-10,15,17H,11H2,1H3,(H,20,23,24)/t15-,17+/m1/s1. The van der Waals surface area contributed by atoms with Gasteiger partial charge in [-0.05, 0) is 35.4 Å². The van der Waals surface area contributed by atoms with Crippen LogP contribution < -0.4 is 10.1 Å². The highest BCUT2D eigenvalue weighted by molar-refractivity contribution is 6.23. The summed E-state index contributed by atoms with van der Waals surface area (Å²) in [5.74, 6) is -0.435. The normalized spacial score (nSPS) is 21.8. The zero-order valence-electron chi connectivity index (χ0n) is 13.7. The lowest BCUT2D eigenvalue weighted by molar-refractivity contribution is -0.126. The first-order valence-electron chi connectivity index (χ1n) is 8.05. The SMILES string of the molecule is COc1ccc(C2=NN(Cc3ccccc3)[C@@H]3C(=O)NC(=O)[C@H]23)cc1. The van der Waals surface area contributed by atoms with Crippen LogP contribution in [0.4, 0.5) is 0 Å². The van der Waals surface area contributed by atoms with Gasteiger partial charge in [0.05, 0.1) is 19.4 Å². The van der Waals surface area contributed by atoms with E-state index in [1.54, 1.807) is 12.1 Å². The van der Waals surface area contributed by atoms with Gasteiger partial charge in [-0.3, -0.25) is 19.9 Å². The van der Waals surface area contributed by atoms with E-state index < -0.39 is 12.0 Å². The zero-order chi connectivity index (χ0) is 17.4. The molecule has 0 unspecified atom stereocenters. The number of fused-ring (bicyclic) bond motifs is 1. The maximum absolute atomic E-state index is 12.3. The Morgan fingerprint density at radius 1 is 1.04 bits per heavy atom. The molecule has 126 valence electrons. The van der Waals surface area contributed by atoms with Crippen molar-refractivity contribution in [3.63, 3.8) is 0 Å². The second-order valence-corrected chi connectivity index (χ2v) is 6.07. The molecule has 0 radical (unpaired) electrons. The predicted octanol–water partition coefficient (Wildman–Crippen LogP) is 1.56. The molecular weight excluding hydrogens is 318 g/mol. The van der Waals surface area contributed by atoms with Crippen LogP contribution in [0.2, 0.25) is 0 Å². The monoisotopic (exact) mass is 335 g/mol. The fraction of sp³-hybridized carbons (Fsp3) is 0.211.